The maximum Gasteiger partial charge on any atom is 0.315 e. The number of ether oxygens (including phenoxy) is 1. The largest absolute Gasteiger partial charge is 0.468 e. The van der Waals surface area contributed by atoms with Crippen LogP contribution in [0.4, 0.5) is 0 Å². The number of allylic oxidation sites excluding steroid dienone is 1. The summed E-state index contributed by atoms with van der Waals surface area (Å²) in [6, 6.07) is 0. The fourth-order valence-corrected chi connectivity index (χ4v) is 3.12. The summed E-state index contributed by atoms with van der Waals surface area (Å²) in [6.07, 6.45) is 4.53. The van der Waals surface area contributed by atoms with Crippen LogP contribution in [0.15, 0.2) is 11.6 Å². The van der Waals surface area contributed by atoms with Crippen molar-refractivity contribution >= 4 is 11.8 Å². The number of carbonyl (C=O) groups is 2. The molecule has 2 aliphatic carbocycles. The van der Waals surface area contributed by atoms with Crippen molar-refractivity contribution in [2.24, 2.45) is 10.8 Å². The van der Waals surface area contributed by atoms with Gasteiger partial charge >= 0.3 is 5.97 Å². The number of carbonyl (C=O) groups excluding carboxylic acids is 2. The molecule has 1 unspecified atom stereocenters. The number of rotatable bonds is 1. The van der Waals surface area contributed by atoms with Crippen LogP contribution in [-0.4, -0.2) is 18.9 Å². The molecule has 0 aromatic rings. The highest BCUT2D eigenvalue weighted by Gasteiger charge is 2.54. The molecule has 3 nitrogen and oxygen atoms in total. The van der Waals surface area contributed by atoms with Gasteiger partial charge < -0.3 is 4.74 Å². The number of hydrogen-bond acceptors (Lipinski definition) is 3. The lowest BCUT2D eigenvalue weighted by Gasteiger charge is -2.34. The third-order valence-corrected chi connectivity index (χ3v) is 4.10. The Kier molecular flexibility index (Phi) is 2.44. The second-order valence-corrected chi connectivity index (χ2v) is 5.48. The molecule has 3 heteroatoms. The zero-order valence-corrected chi connectivity index (χ0v) is 10.1. The summed E-state index contributed by atoms with van der Waals surface area (Å²) in [7, 11) is 1.43. The Morgan fingerprint density at radius 1 is 1.31 bits per heavy atom. The summed E-state index contributed by atoms with van der Waals surface area (Å²) in [5.41, 5.74) is 0.430. The summed E-state index contributed by atoms with van der Waals surface area (Å²) in [4.78, 5) is 23.5. The van der Waals surface area contributed by atoms with E-state index in [1.807, 2.05) is 0 Å². The Bertz CT molecular complexity index is 379. The van der Waals surface area contributed by atoms with Gasteiger partial charge in [-0.25, -0.2) is 0 Å². The normalized spacial score (nSPS) is 31.9. The average Bonchev–Trinajstić information content (AvgIpc) is 2.52. The van der Waals surface area contributed by atoms with Gasteiger partial charge in [0.25, 0.3) is 0 Å². The lowest BCUT2D eigenvalue weighted by molar-refractivity contribution is -0.151. The first-order valence-electron chi connectivity index (χ1n) is 5.76. The second kappa shape index (κ2) is 3.44. The van der Waals surface area contributed by atoms with Crippen molar-refractivity contribution in [3.8, 4) is 0 Å². The summed E-state index contributed by atoms with van der Waals surface area (Å²) in [5, 5.41) is 0. The van der Waals surface area contributed by atoms with Crippen LogP contribution in [-0.2, 0) is 14.3 Å². The van der Waals surface area contributed by atoms with Gasteiger partial charge in [0.2, 0.25) is 0 Å². The van der Waals surface area contributed by atoms with Crippen LogP contribution in [0.5, 0.6) is 0 Å². The van der Waals surface area contributed by atoms with Crippen molar-refractivity contribution in [3.63, 3.8) is 0 Å². The number of methoxy groups -OCH3 is 1. The molecule has 0 heterocycles. The first kappa shape index (κ1) is 11.4. The fraction of sp³-hybridized carbons (Fsp3) is 0.692. The molecule has 16 heavy (non-hydrogen) atoms. The van der Waals surface area contributed by atoms with Gasteiger partial charge in [0.15, 0.2) is 5.78 Å². The highest BCUT2D eigenvalue weighted by Crippen LogP contribution is 2.58. The zero-order chi connectivity index (χ0) is 12.0. The number of ketones is 1. The van der Waals surface area contributed by atoms with Crippen molar-refractivity contribution < 1.29 is 14.3 Å². The molecule has 0 radical (unpaired) electrons. The van der Waals surface area contributed by atoms with Gasteiger partial charge in [0, 0.05) is 6.42 Å². The van der Waals surface area contributed by atoms with E-state index in [0.717, 1.165) is 18.4 Å². The molecule has 2 rings (SSSR count). The maximum absolute atomic E-state index is 12.0. The van der Waals surface area contributed by atoms with Gasteiger partial charge in [0.05, 0.1) is 12.5 Å². The minimum absolute atomic E-state index is 0.0513. The van der Waals surface area contributed by atoms with E-state index in [4.69, 9.17) is 4.74 Å². The predicted octanol–water partition coefficient (Wildman–Crippen LogP) is 2.26. The van der Waals surface area contributed by atoms with Gasteiger partial charge in [0.1, 0.15) is 0 Å². The first-order valence-corrected chi connectivity index (χ1v) is 5.76. The summed E-state index contributed by atoms with van der Waals surface area (Å²) >= 11 is 0. The fourth-order valence-electron chi connectivity index (χ4n) is 3.12. The van der Waals surface area contributed by atoms with Crippen LogP contribution in [0.1, 0.15) is 39.5 Å². The minimum atomic E-state index is -0.508. The van der Waals surface area contributed by atoms with E-state index < -0.39 is 5.41 Å². The zero-order valence-electron chi connectivity index (χ0n) is 10.1. The Morgan fingerprint density at radius 2 is 2.00 bits per heavy atom. The molecule has 1 saturated carbocycles. The Labute approximate surface area is 95.9 Å². The average molecular weight is 222 g/mol. The van der Waals surface area contributed by atoms with Crippen LogP contribution in [0, 0.1) is 10.8 Å². The molecular weight excluding hydrogens is 204 g/mol. The third-order valence-electron chi connectivity index (χ3n) is 4.10. The van der Waals surface area contributed by atoms with Gasteiger partial charge in [-0.15, -0.1) is 0 Å². The van der Waals surface area contributed by atoms with Crippen LogP contribution >= 0.6 is 0 Å². The van der Waals surface area contributed by atoms with Crippen molar-refractivity contribution in [2.75, 3.05) is 7.11 Å². The lowest BCUT2D eigenvalue weighted by atomic mass is 9.69. The molecule has 0 saturated heterocycles. The van der Waals surface area contributed by atoms with E-state index in [1.165, 1.54) is 7.11 Å². The molecule has 0 N–H and O–H groups in total. The molecule has 88 valence electrons. The van der Waals surface area contributed by atoms with Gasteiger partial charge in [-0.1, -0.05) is 13.8 Å². The maximum atomic E-state index is 12.0. The van der Waals surface area contributed by atoms with E-state index in [0.29, 0.717) is 12.8 Å². The number of hydrogen-bond donors (Lipinski definition) is 0. The molecule has 0 spiro atoms. The summed E-state index contributed by atoms with van der Waals surface area (Å²) < 4.78 is 4.93. The predicted molar refractivity (Wildman–Crippen MR) is 59.8 cm³/mol. The number of esters is 1. The topological polar surface area (TPSA) is 43.4 Å². The molecule has 0 bridgehead atoms. The van der Waals surface area contributed by atoms with Crippen molar-refractivity contribution in [3.05, 3.63) is 11.6 Å². The highest BCUT2D eigenvalue weighted by molar-refractivity contribution is 5.96. The van der Waals surface area contributed by atoms with E-state index in [2.05, 4.69) is 13.8 Å². The SMILES string of the molecule is COC(=O)C12CCC(=O)C=C1C(C)(C)CC2. The van der Waals surface area contributed by atoms with Crippen LogP contribution < -0.4 is 0 Å². The van der Waals surface area contributed by atoms with Crippen molar-refractivity contribution in [1.82, 2.24) is 0 Å². The molecule has 1 fully saturated rings. The minimum Gasteiger partial charge on any atom is -0.468 e. The smallest absolute Gasteiger partial charge is 0.315 e. The van der Waals surface area contributed by atoms with Crippen LogP contribution in [0.2, 0.25) is 0 Å². The summed E-state index contributed by atoms with van der Waals surface area (Å²) in [5.74, 6) is -0.0265. The van der Waals surface area contributed by atoms with Crippen LogP contribution in [0.3, 0.4) is 0 Å². The van der Waals surface area contributed by atoms with Crippen LogP contribution in [0.25, 0.3) is 0 Å². The van der Waals surface area contributed by atoms with Crippen molar-refractivity contribution in [1.29, 1.82) is 0 Å². The standard InChI is InChI=1S/C13H18O3/c1-12(2)6-7-13(11(15)16-3)5-4-9(14)8-10(12)13/h8H,4-7H2,1-3H3. The van der Waals surface area contributed by atoms with Gasteiger partial charge in [-0.3, -0.25) is 9.59 Å². The van der Waals surface area contributed by atoms with E-state index in [9.17, 15) is 9.59 Å². The van der Waals surface area contributed by atoms with Gasteiger partial charge in [-0.05, 0) is 36.3 Å². The van der Waals surface area contributed by atoms with Gasteiger partial charge in [-0.2, -0.15) is 0 Å². The molecule has 0 aliphatic heterocycles. The molecule has 0 amide bonds. The molecule has 1 atom stereocenters. The van der Waals surface area contributed by atoms with E-state index in [1.54, 1.807) is 6.08 Å². The summed E-state index contributed by atoms with van der Waals surface area (Å²) in [6.45, 7) is 4.20. The van der Waals surface area contributed by atoms with Crippen molar-refractivity contribution in [2.45, 2.75) is 39.5 Å². The highest BCUT2D eigenvalue weighted by atomic mass is 16.5. The molecule has 0 aromatic carbocycles. The lowest BCUT2D eigenvalue weighted by Crippen LogP contribution is -2.36. The monoisotopic (exact) mass is 222 g/mol. The Balaban J connectivity index is 2.50. The molecule has 0 aromatic heterocycles. The molecular formula is C13H18O3. The first-order chi connectivity index (χ1) is 7.42. The Hall–Kier alpha value is -1.12. The number of fused-ring (bicyclic) bond motifs is 1. The second-order valence-electron chi connectivity index (χ2n) is 5.48. The molecule has 2 aliphatic rings. The third kappa shape index (κ3) is 1.41. The van der Waals surface area contributed by atoms with E-state index >= 15 is 0 Å². The Morgan fingerprint density at radius 3 is 2.62 bits per heavy atom. The van der Waals surface area contributed by atoms with E-state index in [-0.39, 0.29) is 17.2 Å². The quantitative estimate of drug-likeness (QED) is 0.639.